The number of aliphatic hydroxyl groups excluding tert-OH is 1. The van der Waals surface area contributed by atoms with Gasteiger partial charge >= 0.3 is 0 Å². The highest BCUT2D eigenvalue weighted by molar-refractivity contribution is 5.18. The Morgan fingerprint density at radius 3 is 2.93 bits per heavy atom. The second-order valence-corrected chi connectivity index (χ2v) is 2.88. The third-order valence-electron chi connectivity index (χ3n) is 1.79. The lowest BCUT2D eigenvalue weighted by Crippen LogP contribution is -2.17. The van der Waals surface area contributed by atoms with Crippen LogP contribution in [0.4, 0.5) is 0 Å². The first-order valence-electron chi connectivity index (χ1n) is 4.50. The average molecular weight is 209 g/mol. The minimum absolute atomic E-state index is 0.0133. The predicted molar refractivity (Wildman–Crippen MR) is 51.2 cm³/mol. The van der Waals surface area contributed by atoms with Crippen LogP contribution in [0.3, 0.4) is 0 Å². The van der Waals surface area contributed by atoms with Gasteiger partial charge in [0.25, 0.3) is 0 Å². The highest BCUT2D eigenvalue weighted by Gasteiger charge is 2.10. The van der Waals surface area contributed by atoms with E-state index in [0.717, 1.165) is 12.3 Å². The molecule has 0 bridgehead atoms. The summed E-state index contributed by atoms with van der Waals surface area (Å²) in [7, 11) is 0. The highest BCUT2D eigenvalue weighted by Crippen LogP contribution is 2.09. The molecule has 15 heavy (non-hydrogen) atoms. The van der Waals surface area contributed by atoms with Crippen molar-refractivity contribution in [3.05, 3.63) is 28.3 Å². The van der Waals surface area contributed by atoms with Gasteiger partial charge in [0.2, 0.25) is 11.2 Å². The average Bonchev–Trinajstić information content (AvgIpc) is 2.27. The maximum absolute atomic E-state index is 11.4. The summed E-state index contributed by atoms with van der Waals surface area (Å²) < 4.78 is 9.99. The molecule has 0 aliphatic heterocycles. The molecule has 0 radical (unpaired) electrons. The minimum atomic E-state index is -0.659. The van der Waals surface area contributed by atoms with Gasteiger partial charge < -0.3 is 14.3 Å². The summed E-state index contributed by atoms with van der Waals surface area (Å²) in [6, 6.07) is 3.04. The van der Waals surface area contributed by atoms with Gasteiger partial charge in [-0.3, -0.25) is 4.79 Å². The summed E-state index contributed by atoms with van der Waals surface area (Å²) >= 11 is 0. The topological polar surface area (TPSA) is 83.5 Å². The molecule has 0 amide bonds. The Hall–Kier alpha value is -1.80. The Kier molecular flexibility index (Phi) is 3.89. The van der Waals surface area contributed by atoms with E-state index in [0.29, 0.717) is 6.42 Å². The van der Waals surface area contributed by atoms with Crippen molar-refractivity contribution < 1.29 is 14.3 Å². The number of rotatable bonds is 4. The van der Waals surface area contributed by atoms with Gasteiger partial charge in [0.15, 0.2) is 6.10 Å². The zero-order valence-corrected chi connectivity index (χ0v) is 8.27. The monoisotopic (exact) mass is 209 g/mol. The normalized spacial score (nSPS) is 11.8. The van der Waals surface area contributed by atoms with Crippen molar-refractivity contribution in [1.82, 2.24) is 0 Å². The summed E-state index contributed by atoms with van der Waals surface area (Å²) in [6.07, 6.45) is 0.929. The maximum Gasteiger partial charge on any atom is 0.227 e. The number of nitriles is 1. The van der Waals surface area contributed by atoms with Crippen LogP contribution in [0, 0.1) is 11.3 Å². The van der Waals surface area contributed by atoms with E-state index in [-0.39, 0.29) is 18.1 Å². The molecule has 1 aromatic rings. The lowest BCUT2D eigenvalue weighted by molar-refractivity contribution is 0.223. The van der Waals surface area contributed by atoms with Gasteiger partial charge in [-0.1, -0.05) is 6.92 Å². The highest BCUT2D eigenvalue weighted by atomic mass is 16.5. The number of hydrogen-bond acceptors (Lipinski definition) is 5. The van der Waals surface area contributed by atoms with E-state index in [2.05, 4.69) is 0 Å². The molecule has 1 atom stereocenters. The molecule has 5 nitrogen and oxygen atoms in total. The quantitative estimate of drug-likeness (QED) is 0.793. The van der Waals surface area contributed by atoms with Gasteiger partial charge in [-0.05, 0) is 6.42 Å². The van der Waals surface area contributed by atoms with Crippen molar-refractivity contribution in [2.75, 3.05) is 0 Å². The van der Waals surface area contributed by atoms with E-state index in [9.17, 15) is 4.79 Å². The predicted octanol–water partition coefficient (Wildman–Crippen LogP) is 0.813. The Bertz CT molecular complexity index is 418. The largest absolute Gasteiger partial charge is 0.468 e. The van der Waals surface area contributed by atoms with Gasteiger partial charge in [-0.15, -0.1) is 0 Å². The zero-order valence-electron chi connectivity index (χ0n) is 8.27. The fraction of sp³-hybridized carbons (Fsp3) is 0.400. The number of ether oxygens (including phenoxy) is 1. The van der Waals surface area contributed by atoms with Crippen LogP contribution in [-0.2, 0) is 6.61 Å². The lowest BCUT2D eigenvalue weighted by Gasteiger charge is -2.08. The van der Waals surface area contributed by atoms with Gasteiger partial charge in [-0.25, -0.2) is 0 Å². The van der Waals surface area contributed by atoms with Crippen LogP contribution in [0.5, 0.6) is 5.75 Å². The van der Waals surface area contributed by atoms with Crippen LogP contribution in [0.15, 0.2) is 21.5 Å². The van der Waals surface area contributed by atoms with Crippen molar-refractivity contribution in [3.8, 4) is 11.8 Å². The standard InChI is InChI=1S/C10H11NO4/c1-2-7(4-11)15-10-6-14-8(5-12)3-9(10)13/h3,6-7,12H,2,5H2,1H3. The number of aliphatic hydroxyl groups is 1. The maximum atomic E-state index is 11.4. The van der Waals surface area contributed by atoms with Crippen molar-refractivity contribution in [3.63, 3.8) is 0 Å². The summed E-state index contributed by atoms with van der Waals surface area (Å²) in [6.45, 7) is 1.43. The molecule has 5 heteroatoms. The molecule has 0 spiro atoms. The van der Waals surface area contributed by atoms with E-state index in [1.54, 1.807) is 6.92 Å². The van der Waals surface area contributed by atoms with E-state index < -0.39 is 11.5 Å². The van der Waals surface area contributed by atoms with E-state index >= 15 is 0 Å². The molecule has 1 heterocycles. The third-order valence-corrected chi connectivity index (χ3v) is 1.79. The Balaban J connectivity index is 2.88. The first-order chi connectivity index (χ1) is 7.21. The van der Waals surface area contributed by atoms with Crippen LogP contribution in [-0.4, -0.2) is 11.2 Å². The van der Waals surface area contributed by atoms with E-state index in [1.165, 1.54) is 0 Å². The van der Waals surface area contributed by atoms with Gasteiger partial charge in [0.05, 0.1) is 0 Å². The van der Waals surface area contributed by atoms with E-state index in [4.69, 9.17) is 19.5 Å². The number of nitrogens with zero attached hydrogens (tertiary/aromatic N) is 1. The smallest absolute Gasteiger partial charge is 0.227 e. The molecule has 0 aliphatic rings. The second kappa shape index (κ2) is 5.17. The van der Waals surface area contributed by atoms with Crippen LogP contribution in [0.25, 0.3) is 0 Å². The summed E-state index contributed by atoms with van der Waals surface area (Å²) in [4.78, 5) is 11.4. The Morgan fingerprint density at radius 2 is 2.47 bits per heavy atom. The van der Waals surface area contributed by atoms with Crippen LogP contribution >= 0.6 is 0 Å². The molecule has 80 valence electrons. The molecule has 0 aliphatic carbocycles. The van der Waals surface area contributed by atoms with Crippen molar-refractivity contribution >= 4 is 0 Å². The van der Waals surface area contributed by atoms with Crippen molar-refractivity contribution in [2.45, 2.75) is 26.1 Å². The molecule has 1 unspecified atom stereocenters. The molecular weight excluding hydrogens is 198 g/mol. The van der Waals surface area contributed by atoms with Crippen LogP contribution in [0.1, 0.15) is 19.1 Å². The molecule has 1 aromatic heterocycles. The molecule has 0 fully saturated rings. The first-order valence-corrected chi connectivity index (χ1v) is 4.50. The number of hydrogen-bond donors (Lipinski definition) is 1. The minimum Gasteiger partial charge on any atom is -0.468 e. The lowest BCUT2D eigenvalue weighted by atomic mass is 10.3. The fourth-order valence-electron chi connectivity index (χ4n) is 0.962. The first kappa shape index (κ1) is 11.3. The van der Waals surface area contributed by atoms with Crippen LogP contribution < -0.4 is 10.2 Å². The fourth-order valence-corrected chi connectivity index (χ4v) is 0.962. The van der Waals surface area contributed by atoms with Gasteiger partial charge in [0, 0.05) is 6.07 Å². The van der Waals surface area contributed by atoms with Gasteiger partial charge in [0.1, 0.15) is 24.7 Å². The van der Waals surface area contributed by atoms with Crippen molar-refractivity contribution in [1.29, 1.82) is 5.26 Å². The molecule has 0 saturated carbocycles. The Labute approximate surface area is 86.5 Å². The Morgan fingerprint density at radius 1 is 1.73 bits per heavy atom. The SMILES string of the molecule is CCC(C#N)Oc1coc(CO)cc1=O. The second-order valence-electron chi connectivity index (χ2n) is 2.88. The summed E-state index contributed by atoms with van der Waals surface area (Å²) in [5.74, 6) is 0.151. The molecular formula is C10H11NO4. The summed E-state index contributed by atoms with van der Waals surface area (Å²) in [5, 5.41) is 17.3. The molecule has 1 N–H and O–H groups in total. The summed E-state index contributed by atoms with van der Waals surface area (Å²) in [5.41, 5.74) is -0.404. The molecule has 0 aromatic carbocycles. The zero-order chi connectivity index (χ0) is 11.3. The van der Waals surface area contributed by atoms with Crippen LogP contribution in [0.2, 0.25) is 0 Å². The molecule has 0 saturated heterocycles. The molecule has 1 rings (SSSR count). The van der Waals surface area contributed by atoms with Crippen molar-refractivity contribution in [2.24, 2.45) is 0 Å². The van der Waals surface area contributed by atoms with E-state index in [1.807, 2.05) is 6.07 Å². The third kappa shape index (κ3) is 2.82. The van der Waals surface area contributed by atoms with Gasteiger partial charge in [-0.2, -0.15) is 5.26 Å².